The first-order valence-electron chi connectivity index (χ1n) is 8.22. The molecular weight excluding hydrogens is 236 g/mol. The number of unbranched alkanes of at least 4 members (excludes halogenated alkanes) is 5. The van der Waals surface area contributed by atoms with Gasteiger partial charge in [0.05, 0.1) is 0 Å². The van der Waals surface area contributed by atoms with Gasteiger partial charge in [0.25, 0.3) is 0 Å². The van der Waals surface area contributed by atoms with E-state index < -0.39 is 0 Å². The summed E-state index contributed by atoms with van der Waals surface area (Å²) in [5.41, 5.74) is 5.14. The fourth-order valence-electron chi connectivity index (χ4n) is 2.36. The topological polar surface area (TPSA) is 55.1 Å². The van der Waals surface area contributed by atoms with Gasteiger partial charge >= 0.3 is 0 Å². The Hall–Kier alpha value is -0.570. The Morgan fingerprint density at radius 1 is 0.947 bits per heavy atom. The summed E-state index contributed by atoms with van der Waals surface area (Å²) in [4.78, 5) is 10.6. The van der Waals surface area contributed by atoms with Gasteiger partial charge in [-0.2, -0.15) is 0 Å². The van der Waals surface area contributed by atoms with Gasteiger partial charge in [0.15, 0.2) is 0 Å². The molecule has 0 rings (SSSR count). The van der Waals surface area contributed by atoms with Crippen molar-refractivity contribution in [1.82, 2.24) is 5.32 Å². The number of nitrogens with two attached hydrogens (primary N) is 1. The molecule has 0 bridgehead atoms. The van der Waals surface area contributed by atoms with Crippen LogP contribution in [0, 0.1) is 0 Å². The van der Waals surface area contributed by atoms with E-state index in [0.29, 0.717) is 12.5 Å². The predicted molar refractivity (Wildman–Crippen MR) is 83.1 cm³/mol. The zero-order valence-corrected chi connectivity index (χ0v) is 13.0. The van der Waals surface area contributed by atoms with Crippen molar-refractivity contribution in [3.05, 3.63) is 0 Å². The number of nitrogens with one attached hydrogen (secondary N) is 1. The lowest BCUT2D eigenvalue weighted by Crippen LogP contribution is -2.30. The van der Waals surface area contributed by atoms with Crippen LogP contribution in [0.2, 0.25) is 0 Å². The van der Waals surface area contributed by atoms with Gasteiger partial charge in [-0.25, -0.2) is 0 Å². The minimum Gasteiger partial charge on any atom is -0.370 e. The molecule has 0 aliphatic heterocycles. The van der Waals surface area contributed by atoms with Crippen molar-refractivity contribution in [3.8, 4) is 0 Å². The molecule has 0 fully saturated rings. The number of amides is 1. The zero-order valence-electron chi connectivity index (χ0n) is 13.0. The van der Waals surface area contributed by atoms with Gasteiger partial charge in [0.1, 0.15) is 0 Å². The molecule has 0 aromatic heterocycles. The van der Waals surface area contributed by atoms with E-state index in [9.17, 15) is 4.79 Å². The Morgan fingerprint density at radius 2 is 1.53 bits per heavy atom. The molecular formula is C16H34N2O. The van der Waals surface area contributed by atoms with E-state index in [0.717, 1.165) is 19.4 Å². The van der Waals surface area contributed by atoms with Gasteiger partial charge in [0, 0.05) is 12.5 Å². The van der Waals surface area contributed by atoms with Crippen LogP contribution in [0.1, 0.15) is 84.5 Å². The van der Waals surface area contributed by atoms with Crippen LogP contribution in [0.4, 0.5) is 0 Å². The Balaban J connectivity index is 3.67. The lowest BCUT2D eigenvalue weighted by molar-refractivity contribution is -0.118. The van der Waals surface area contributed by atoms with E-state index in [4.69, 9.17) is 5.73 Å². The molecule has 0 aliphatic carbocycles. The molecule has 3 N–H and O–H groups in total. The highest BCUT2D eigenvalue weighted by atomic mass is 16.1. The van der Waals surface area contributed by atoms with Gasteiger partial charge in [-0.3, -0.25) is 4.79 Å². The van der Waals surface area contributed by atoms with E-state index in [-0.39, 0.29) is 5.91 Å². The normalized spacial score (nSPS) is 11.1. The first-order chi connectivity index (χ1) is 9.20. The summed E-state index contributed by atoms with van der Waals surface area (Å²) in [6.07, 6.45) is 13.0. The summed E-state index contributed by atoms with van der Waals surface area (Å²) in [6, 6.07) is 0.673. The third-order valence-corrected chi connectivity index (χ3v) is 3.60. The lowest BCUT2D eigenvalue weighted by atomic mass is 10.0. The first-order valence-corrected chi connectivity index (χ1v) is 8.22. The first kappa shape index (κ1) is 18.4. The molecule has 1 amide bonds. The van der Waals surface area contributed by atoms with Gasteiger partial charge in [-0.05, 0) is 32.2 Å². The minimum absolute atomic E-state index is 0.178. The summed E-state index contributed by atoms with van der Waals surface area (Å²) in [7, 11) is 0. The van der Waals surface area contributed by atoms with Crippen molar-refractivity contribution in [2.24, 2.45) is 5.73 Å². The summed E-state index contributed by atoms with van der Waals surface area (Å²) in [6.45, 7) is 5.53. The standard InChI is InChI=1S/C16H34N2O/c1-3-5-7-11-15(12-8-6-4-2)18-14-10-9-13-16(17)19/h15,18H,3-14H2,1-2H3,(H2,17,19). The second-order valence-corrected chi connectivity index (χ2v) is 5.57. The molecule has 0 atom stereocenters. The number of hydrogen-bond acceptors (Lipinski definition) is 2. The van der Waals surface area contributed by atoms with Crippen LogP contribution >= 0.6 is 0 Å². The molecule has 0 aromatic carbocycles. The van der Waals surface area contributed by atoms with Crippen molar-refractivity contribution in [3.63, 3.8) is 0 Å². The SMILES string of the molecule is CCCCCC(CCCCC)NCCCCC(N)=O. The molecule has 0 aliphatic rings. The second kappa shape index (κ2) is 13.9. The average Bonchev–Trinajstić information content (AvgIpc) is 2.38. The van der Waals surface area contributed by atoms with Crippen LogP contribution in [-0.2, 0) is 4.79 Å². The van der Waals surface area contributed by atoms with E-state index in [1.807, 2.05) is 0 Å². The molecule has 0 saturated heterocycles. The quantitative estimate of drug-likeness (QED) is 0.472. The third kappa shape index (κ3) is 13.7. The van der Waals surface area contributed by atoms with Crippen molar-refractivity contribution in [2.45, 2.75) is 90.5 Å². The molecule has 0 heterocycles. The fourth-order valence-corrected chi connectivity index (χ4v) is 2.36. The van der Waals surface area contributed by atoms with Gasteiger partial charge in [-0.15, -0.1) is 0 Å². The molecule has 3 nitrogen and oxygen atoms in total. The van der Waals surface area contributed by atoms with Crippen LogP contribution in [0.15, 0.2) is 0 Å². The van der Waals surface area contributed by atoms with Crippen molar-refractivity contribution in [2.75, 3.05) is 6.54 Å². The second-order valence-electron chi connectivity index (χ2n) is 5.57. The zero-order chi connectivity index (χ0) is 14.3. The highest BCUT2D eigenvalue weighted by Gasteiger charge is 2.07. The Bertz CT molecular complexity index is 197. The van der Waals surface area contributed by atoms with E-state index >= 15 is 0 Å². The van der Waals surface area contributed by atoms with Gasteiger partial charge in [0.2, 0.25) is 5.91 Å². The Labute approximate surface area is 119 Å². The maximum absolute atomic E-state index is 10.6. The number of primary amides is 1. The summed E-state index contributed by atoms with van der Waals surface area (Å²) in [5.74, 6) is -0.178. The van der Waals surface area contributed by atoms with Crippen LogP contribution in [0.3, 0.4) is 0 Å². The Morgan fingerprint density at radius 3 is 2.00 bits per heavy atom. The molecule has 19 heavy (non-hydrogen) atoms. The van der Waals surface area contributed by atoms with Gasteiger partial charge in [-0.1, -0.05) is 52.4 Å². The van der Waals surface area contributed by atoms with E-state index in [1.54, 1.807) is 0 Å². The maximum Gasteiger partial charge on any atom is 0.217 e. The van der Waals surface area contributed by atoms with Crippen molar-refractivity contribution < 1.29 is 4.79 Å². The van der Waals surface area contributed by atoms with Crippen molar-refractivity contribution >= 4 is 5.91 Å². The number of carbonyl (C=O) groups is 1. The van der Waals surface area contributed by atoms with Crippen LogP contribution in [-0.4, -0.2) is 18.5 Å². The highest BCUT2D eigenvalue weighted by Crippen LogP contribution is 2.11. The summed E-state index contributed by atoms with van der Waals surface area (Å²) < 4.78 is 0. The fraction of sp³-hybridized carbons (Fsp3) is 0.938. The maximum atomic E-state index is 10.6. The smallest absolute Gasteiger partial charge is 0.217 e. The average molecular weight is 270 g/mol. The molecule has 3 heteroatoms. The van der Waals surface area contributed by atoms with Crippen LogP contribution in [0.5, 0.6) is 0 Å². The monoisotopic (exact) mass is 270 g/mol. The largest absolute Gasteiger partial charge is 0.370 e. The number of carbonyl (C=O) groups excluding carboxylic acids is 1. The summed E-state index contributed by atoms with van der Waals surface area (Å²) in [5, 5.41) is 3.66. The number of rotatable bonds is 14. The van der Waals surface area contributed by atoms with Crippen LogP contribution < -0.4 is 11.1 Å². The minimum atomic E-state index is -0.178. The third-order valence-electron chi connectivity index (χ3n) is 3.60. The van der Waals surface area contributed by atoms with Crippen LogP contribution in [0.25, 0.3) is 0 Å². The number of hydrogen-bond donors (Lipinski definition) is 2. The summed E-state index contributed by atoms with van der Waals surface area (Å²) >= 11 is 0. The molecule has 0 aromatic rings. The molecule has 0 radical (unpaired) electrons. The highest BCUT2D eigenvalue weighted by molar-refractivity contribution is 5.73. The Kier molecular flexibility index (Phi) is 13.4. The molecule has 114 valence electrons. The molecule has 0 saturated carbocycles. The molecule has 0 spiro atoms. The van der Waals surface area contributed by atoms with Crippen molar-refractivity contribution in [1.29, 1.82) is 0 Å². The molecule has 0 unspecified atom stereocenters. The van der Waals surface area contributed by atoms with E-state index in [1.165, 1.54) is 51.4 Å². The van der Waals surface area contributed by atoms with E-state index in [2.05, 4.69) is 19.2 Å². The lowest BCUT2D eigenvalue weighted by Gasteiger charge is -2.18. The van der Waals surface area contributed by atoms with Gasteiger partial charge < -0.3 is 11.1 Å². The predicted octanol–water partition coefficient (Wildman–Crippen LogP) is 3.76.